The second kappa shape index (κ2) is 6.50. The molecule has 0 aliphatic carbocycles. The quantitative estimate of drug-likeness (QED) is 0.745. The molecule has 0 radical (unpaired) electrons. The molecule has 1 rings (SSSR count). The van der Waals surface area contributed by atoms with Crippen LogP contribution in [0.25, 0.3) is 0 Å². The molecule has 106 valence electrons. The highest BCUT2D eigenvalue weighted by molar-refractivity contribution is 5.76. The van der Waals surface area contributed by atoms with Gasteiger partial charge in [0.2, 0.25) is 5.91 Å². The first kappa shape index (κ1) is 15.4. The van der Waals surface area contributed by atoms with Gasteiger partial charge in [0.15, 0.2) is 0 Å². The summed E-state index contributed by atoms with van der Waals surface area (Å²) in [6, 6.07) is 0.281. The highest BCUT2D eigenvalue weighted by Crippen LogP contribution is 2.19. The van der Waals surface area contributed by atoms with E-state index in [0.29, 0.717) is 19.6 Å². The van der Waals surface area contributed by atoms with Crippen LogP contribution >= 0.6 is 0 Å². The number of ether oxygens (including phenoxy) is 1. The summed E-state index contributed by atoms with van der Waals surface area (Å²) in [7, 11) is 0. The number of rotatable bonds is 5. The first-order valence-corrected chi connectivity index (χ1v) is 6.71. The molecule has 0 bridgehead atoms. The van der Waals surface area contributed by atoms with Crippen molar-refractivity contribution in [2.45, 2.75) is 51.8 Å². The largest absolute Gasteiger partial charge is 0.373 e. The lowest BCUT2D eigenvalue weighted by molar-refractivity contribution is -0.126. The fourth-order valence-corrected chi connectivity index (χ4v) is 2.32. The van der Waals surface area contributed by atoms with Gasteiger partial charge >= 0.3 is 0 Å². The Morgan fingerprint density at radius 3 is 2.67 bits per heavy atom. The summed E-state index contributed by atoms with van der Waals surface area (Å²) in [5.74, 6) is 0.0738. The third-order valence-corrected chi connectivity index (χ3v) is 3.11. The van der Waals surface area contributed by atoms with Gasteiger partial charge in [0.05, 0.1) is 12.2 Å². The Hall–Kier alpha value is -0.650. The molecule has 0 aromatic rings. The summed E-state index contributed by atoms with van der Waals surface area (Å²) in [6.45, 7) is 10.9. The zero-order valence-corrected chi connectivity index (χ0v) is 12.0. The summed E-state index contributed by atoms with van der Waals surface area (Å²) in [5.41, 5.74) is 5.66. The summed E-state index contributed by atoms with van der Waals surface area (Å²) in [6.07, 6.45) is 0.463. The van der Waals surface area contributed by atoms with Crippen molar-refractivity contribution in [3.05, 3.63) is 0 Å². The van der Waals surface area contributed by atoms with Gasteiger partial charge in [0, 0.05) is 38.1 Å². The Morgan fingerprint density at radius 1 is 1.50 bits per heavy atom. The number of nitrogens with one attached hydrogen (secondary N) is 1. The molecule has 1 heterocycles. The van der Waals surface area contributed by atoms with E-state index in [1.165, 1.54) is 0 Å². The Kier molecular flexibility index (Phi) is 5.56. The van der Waals surface area contributed by atoms with Crippen LogP contribution in [0.4, 0.5) is 0 Å². The van der Waals surface area contributed by atoms with Gasteiger partial charge in [-0.1, -0.05) is 0 Å². The molecule has 5 nitrogen and oxygen atoms in total. The molecule has 18 heavy (non-hydrogen) atoms. The van der Waals surface area contributed by atoms with Gasteiger partial charge in [-0.15, -0.1) is 0 Å². The second-order valence-corrected chi connectivity index (χ2v) is 5.89. The summed E-state index contributed by atoms with van der Waals surface area (Å²) >= 11 is 0. The molecular weight excluding hydrogens is 230 g/mol. The second-order valence-electron chi connectivity index (χ2n) is 5.89. The Bertz CT molecular complexity index is 279. The van der Waals surface area contributed by atoms with Crippen LogP contribution in [0.1, 0.15) is 34.1 Å². The van der Waals surface area contributed by atoms with Crippen LogP contribution in [0.15, 0.2) is 0 Å². The van der Waals surface area contributed by atoms with Gasteiger partial charge in [-0.3, -0.25) is 9.69 Å². The van der Waals surface area contributed by atoms with Crippen molar-refractivity contribution in [3.63, 3.8) is 0 Å². The highest BCUT2D eigenvalue weighted by atomic mass is 16.5. The molecule has 5 heteroatoms. The van der Waals surface area contributed by atoms with Crippen LogP contribution < -0.4 is 11.1 Å². The SMILES string of the molecule is CC(C)NC(=O)CC(CN)N1CCOC(C)(C)C1. The molecule has 0 aromatic carbocycles. The number of hydrogen-bond donors (Lipinski definition) is 2. The van der Waals surface area contributed by atoms with Crippen molar-refractivity contribution < 1.29 is 9.53 Å². The number of hydrogen-bond acceptors (Lipinski definition) is 4. The van der Waals surface area contributed by atoms with E-state index >= 15 is 0 Å². The van der Waals surface area contributed by atoms with E-state index < -0.39 is 0 Å². The van der Waals surface area contributed by atoms with E-state index in [1.54, 1.807) is 0 Å². The lowest BCUT2D eigenvalue weighted by Crippen LogP contribution is -2.55. The summed E-state index contributed by atoms with van der Waals surface area (Å²) in [4.78, 5) is 14.1. The number of carbonyl (C=O) groups is 1. The van der Waals surface area contributed by atoms with Crippen LogP contribution in [0.5, 0.6) is 0 Å². The Labute approximate surface area is 110 Å². The van der Waals surface area contributed by atoms with Crippen molar-refractivity contribution in [1.29, 1.82) is 0 Å². The minimum atomic E-state index is -0.153. The van der Waals surface area contributed by atoms with Gasteiger partial charge in [0.1, 0.15) is 0 Å². The third kappa shape index (κ3) is 4.92. The molecule has 1 unspecified atom stereocenters. The van der Waals surface area contributed by atoms with E-state index in [9.17, 15) is 4.79 Å². The number of morpholine rings is 1. The molecule has 1 fully saturated rings. The molecular formula is C13H27N3O2. The minimum absolute atomic E-state index is 0.0738. The number of nitrogens with two attached hydrogens (primary N) is 1. The van der Waals surface area contributed by atoms with Gasteiger partial charge in [-0.2, -0.15) is 0 Å². The molecule has 0 aromatic heterocycles. The number of carbonyl (C=O) groups excluding carboxylic acids is 1. The molecule has 0 saturated carbocycles. The van der Waals surface area contributed by atoms with E-state index in [2.05, 4.69) is 24.1 Å². The first-order chi connectivity index (χ1) is 8.34. The molecule has 1 atom stereocenters. The number of amides is 1. The maximum atomic E-state index is 11.8. The average molecular weight is 257 g/mol. The summed E-state index contributed by atoms with van der Waals surface area (Å²) in [5, 5.41) is 2.91. The average Bonchev–Trinajstić information content (AvgIpc) is 2.23. The fourth-order valence-electron chi connectivity index (χ4n) is 2.32. The normalized spacial score (nSPS) is 21.9. The van der Waals surface area contributed by atoms with Gasteiger partial charge in [-0.25, -0.2) is 0 Å². The number of nitrogens with zero attached hydrogens (tertiary/aromatic N) is 1. The van der Waals surface area contributed by atoms with E-state index in [0.717, 1.165) is 13.1 Å². The van der Waals surface area contributed by atoms with Crippen molar-refractivity contribution in [1.82, 2.24) is 10.2 Å². The summed E-state index contributed by atoms with van der Waals surface area (Å²) < 4.78 is 5.68. The molecule has 1 amide bonds. The predicted octanol–water partition coefficient (Wildman–Crippen LogP) is 0.339. The molecule has 1 aliphatic rings. The smallest absolute Gasteiger partial charge is 0.221 e. The van der Waals surface area contributed by atoms with Crippen LogP contribution in [-0.4, -0.2) is 54.7 Å². The van der Waals surface area contributed by atoms with Crippen molar-refractivity contribution in [2.75, 3.05) is 26.2 Å². The standard InChI is InChI=1S/C13H27N3O2/c1-10(2)15-12(17)7-11(8-14)16-5-6-18-13(3,4)9-16/h10-11H,5-9,14H2,1-4H3,(H,15,17). The van der Waals surface area contributed by atoms with Crippen molar-refractivity contribution >= 4 is 5.91 Å². The van der Waals surface area contributed by atoms with Crippen LogP contribution in [0, 0.1) is 0 Å². The maximum Gasteiger partial charge on any atom is 0.221 e. The maximum absolute atomic E-state index is 11.8. The zero-order chi connectivity index (χ0) is 13.8. The third-order valence-electron chi connectivity index (χ3n) is 3.11. The zero-order valence-electron chi connectivity index (χ0n) is 12.0. The Morgan fingerprint density at radius 2 is 2.17 bits per heavy atom. The molecule has 0 spiro atoms. The van der Waals surface area contributed by atoms with Crippen LogP contribution in [0.2, 0.25) is 0 Å². The van der Waals surface area contributed by atoms with E-state index in [-0.39, 0.29) is 23.6 Å². The lowest BCUT2D eigenvalue weighted by Gasteiger charge is -2.41. The van der Waals surface area contributed by atoms with Crippen LogP contribution in [0.3, 0.4) is 0 Å². The van der Waals surface area contributed by atoms with Gasteiger partial charge in [0.25, 0.3) is 0 Å². The van der Waals surface area contributed by atoms with Crippen molar-refractivity contribution in [3.8, 4) is 0 Å². The fraction of sp³-hybridized carbons (Fsp3) is 0.923. The van der Waals surface area contributed by atoms with E-state index in [1.807, 2.05) is 13.8 Å². The van der Waals surface area contributed by atoms with Crippen LogP contribution in [-0.2, 0) is 9.53 Å². The van der Waals surface area contributed by atoms with Gasteiger partial charge < -0.3 is 15.8 Å². The van der Waals surface area contributed by atoms with E-state index in [4.69, 9.17) is 10.5 Å². The Balaban J connectivity index is 2.52. The minimum Gasteiger partial charge on any atom is -0.373 e. The van der Waals surface area contributed by atoms with Gasteiger partial charge in [-0.05, 0) is 27.7 Å². The molecule has 1 aliphatic heterocycles. The highest BCUT2D eigenvalue weighted by Gasteiger charge is 2.31. The monoisotopic (exact) mass is 257 g/mol. The topological polar surface area (TPSA) is 67.6 Å². The first-order valence-electron chi connectivity index (χ1n) is 6.71. The molecule has 3 N–H and O–H groups in total. The lowest BCUT2D eigenvalue weighted by atomic mass is 10.0. The van der Waals surface area contributed by atoms with Crippen molar-refractivity contribution in [2.24, 2.45) is 5.73 Å². The molecule has 1 saturated heterocycles. The predicted molar refractivity (Wildman–Crippen MR) is 72.3 cm³/mol.